The number of nitrogens with zero attached hydrogens (tertiary/aromatic N) is 1. The predicted molar refractivity (Wildman–Crippen MR) is 99.2 cm³/mol. The van der Waals surface area contributed by atoms with Gasteiger partial charge in [-0.05, 0) is 38.5 Å². The van der Waals surface area contributed by atoms with Gasteiger partial charge in [0.25, 0.3) is 0 Å². The van der Waals surface area contributed by atoms with E-state index in [1.807, 2.05) is 6.92 Å². The molecule has 0 saturated carbocycles. The number of hydrogen-bond acceptors (Lipinski definition) is 3. The van der Waals surface area contributed by atoms with Gasteiger partial charge < -0.3 is 10.4 Å². The Morgan fingerprint density at radius 2 is 2.12 bits per heavy atom. The van der Waals surface area contributed by atoms with Gasteiger partial charge in [0.05, 0.1) is 12.1 Å². The molecule has 6 nitrogen and oxygen atoms in total. The van der Waals surface area contributed by atoms with E-state index in [1.165, 1.54) is 11.8 Å². The molecule has 0 bridgehead atoms. The summed E-state index contributed by atoms with van der Waals surface area (Å²) >= 11 is 0. The lowest BCUT2D eigenvalue weighted by atomic mass is 9.80. The Morgan fingerprint density at radius 1 is 1.40 bits per heavy atom. The van der Waals surface area contributed by atoms with E-state index in [0.717, 1.165) is 24.8 Å². The number of carboxylic acid groups (broad SMARTS) is 1. The average Bonchev–Trinajstić information content (AvgIpc) is 3.07. The zero-order valence-corrected chi connectivity index (χ0v) is 15.3. The molecule has 0 spiro atoms. The summed E-state index contributed by atoms with van der Waals surface area (Å²) in [6.45, 7) is 10.2. The highest BCUT2D eigenvalue weighted by Gasteiger charge is 2.30. The predicted octanol–water partition coefficient (Wildman–Crippen LogP) is 4.16. The molecule has 0 fully saturated rings. The van der Waals surface area contributed by atoms with Crippen molar-refractivity contribution in [3.63, 3.8) is 0 Å². The number of rotatable bonds is 11. The topological polar surface area (TPSA) is 95.1 Å². The maximum atomic E-state index is 12.1. The molecule has 0 aliphatic carbocycles. The van der Waals surface area contributed by atoms with Crippen LogP contribution in [0.15, 0.2) is 36.1 Å². The fourth-order valence-corrected chi connectivity index (χ4v) is 2.82. The zero-order chi connectivity index (χ0) is 18.8. The number of anilines is 1. The molecule has 138 valence electrons. The molecule has 2 unspecified atom stereocenters. The normalized spacial score (nSPS) is 14.0. The van der Waals surface area contributed by atoms with Crippen molar-refractivity contribution in [2.75, 3.05) is 5.32 Å². The van der Waals surface area contributed by atoms with Crippen molar-refractivity contribution >= 4 is 17.7 Å². The molecule has 1 amide bonds. The van der Waals surface area contributed by atoms with Gasteiger partial charge in [-0.25, -0.2) is 0 Å². The van der Waals surface area contributed by atoms with Crippen molar-refractivity contribution in [2.24, 2.45) is 11.8 Å². The largest absolute Gasteiger partial charge is 0.481 e. The van der Waals surface area contributed by atoms with E-state index >= 15 is 0 Å². The van der Waals surface area contributed by atoms with E-state index in [2.05, 4.69) is 42.0 Å². The molecule has 0 aliphatic heterocycles. The molecule has 1 rings (SSSR count). The number of nitrogens with one attached hydrogen (secondary N) is 2. The second-order valence-electron chi connectivity index (χ2n) is 6.28. The van der Waals surface area contributed by atoms with Crippen LogP contribution in [0, 0.1) is 11.8 Å². The first-order chi connectivity index (χ1) is 11.9. The van der Waals surface area contributed by atoms with Crippen molar-refractivity contribution in [2.45, 2.75) is 52.9 Å². The lowest BCUT2D eigenvalue weighted by Crippen LogP contribution is -2.29. The molecule has 2 atom stereocenters. The van der Waals surface area contributed by atoms with Crippen LogP contribution in [0.1, 0.15) is 52.9 Å². The number of H-pyrrole nitrogens is 1. The molecule has 1 aromatic rings. The summed E-state index contributed by atoms with van der Waals surface area (Å²) in [5.41, 5.74) is 2.21. The third kappa shape index (κ3) is 6.95. The quantitative estimate of drug-likeness (QED) is 0.524. The number of carbonyl (C=O) groups excluding carboxylic acids is 1. The molecule has 6 heteroatoms. The second-order valence-corrected chi connectivity index (χ2v) is 6.28. The summed E-state index contributed by atoms with van der Waals surface area (Å²) in [6.07, 6.45) is 6.84. The van der Waals surface area contributed by atoms with Gasteiger partial charge in [0.15, 0.2) is 0 Å². The molecule has 3 N–H and O–H groups in total. The van der Waals surface area contributed by atoms with Gasteiger partial charge in [-0.15, -0.1) is 0 Å². The highest BCUT2D eigenvalue weighted by molar-refractivity contribution is 5.92. The molecule has 1 aromatic heterocycles. The zero-order valence-electron chi connectivity index (χ0n) is 15.3. The molecular formula is C19H29N3O3. The minimum absolute atomic E-state index is 0.0876. The van der Waals surface area contributed by atoms with E-state index in [0.29, 0.717) is 12.2 Å². The summed E-state index contributed by atoms with van der Waals surface area (Å²) in [5.74, 6) is -1.85. The van der Waals surface area contributed by atoms with Gasteiger partial charge in [0.1, 0.15) is 5.82 Å². The van der Waals surface area contributed by atoms with E-state index < -0.39 is 11.9 Å². The van der Waals surface area contributed by atoms with Crippen molar-refractivity contribution in [3.8, 4) is 0 Å². The van der Waals surface area contributed by atoms with Gasteiger partial charge in [0.2, 0.25) is 5.91 Å². The number of aromatic nitrogens is 2. The van der Waals surface area contributed by atoms with Crippen molar-refractivity contribution in [3.05, 3.63) is 36.1 Å². The lowest BCUT2D eigenvalue weighted by Gasteiger charge is -2.24. The van der Waals surface area contributed by atoms with E-state index in [1.54, 1.807) is 6.07 Å². The minimum Gasteiger partial charge on any atom is -0.481 e. The van der Waals surface area contributed by atoms with Crippen LogP contribution in [0.4, 0.5) is 5.82 Å². The summed E-state index contributed by atoms with van der Waals surface area (Å²) in [7, 11) is 0. The van der Waals surface area contributed by atoms with E-state index in [9.17, 15) is 14.7 Å². The van der Waals surface area contributed by atoms with E-state index in [-0.39, 0.29) is 18.2 Å². The summed E-state index contributed by atoms with van der Waals surface area (Å²) < 4.78 is 0. The lowest BCUT2D eigenvalue weighted by molar-refractivity contribution is -0.145. The van der Waals surface area contributed by atoms with Gasteiger partial charge >= 0.3 is 5.97 Å². The number of carboxylic acids is 1. The summed E-state index contributed by atoms with van der Waals surface area (Å²) in [6, 6.07) is 1.62. The van der Waals surface area contributed by atoms with Crippen LogP contribution in [0.5, 0.6) is 0 Å². The molecular weight excluding hydrogens is 318 g/mol. The standard InChI is InChI=1S/C19H29N3O3/c1-5-13(3)8-7-9-14(4)15(6-2)16(19(24)25)12-18(23)21-17-10-11-20-22-17/h8,10-11,15-16H,4-7,9,12H2,1-3H3,(H,24,25)(H2,20,21,22,23)/b13-8-. The number of carbonyl (C=O) groups is 2. The number of allylic oxidation sites excluding steroid dienone is 3. The van der Waals surface area contributed by atoms with Crippen molar-refractivity contribution in [1.29, 1.82) is 0 Å². The Bertz CT molecular complexity index is 605. The monoisotopic (exact) mass is 347 g/mol. The maximum absolute atomic E-state index is 12.1. The molecule has 1 heterocycles. The van der Waals surface area contributed by atoms with Crippen LogP contribution in [0.25, 0.3) is 0 Å². The molecule has 0 saturated heterocycles. The maximum Gasteiger partial charge on any atom is 0.307 e. The van der Waals surface area contributed by atoms with Gasteiger partial charge in [-0.2, -0.15) is 5.10 Å². The number of aliphatic carboxylic acids is 1. The number of hydrogen-bond donors (Lipinski definition) is 3. The SMILES string of the molecule is C=C(CC/C=C(/C)CC)C(CC)C(CC(=O)Nc1ccn[nH]1)C(=O)O. The van der Waals surface area contributed by atoms with Crippen LogP contribution >= 0.6 is 0 Å². The molecule has 25 heavy (non-hydrogen) atoms. The Labute approximate surface area is 149 Å². The fourth-order valence-electron chi connectivity index (χ4n) is 2.82. The van der Waals surface area contributed by atoms with Crippen LogP contribution in [-0.2, 0) is 9.59 Å². The highest BCUT2D eigenvalue weighted by atomic mass is 16.4. The number of aromatic amines is 1. The smallest absolute Gasteiger partial charge is 0.307 e. The molecule has 0 aromatic carbocycles. The van der Waals surface area contributed by atoms with Crippen LogP contribution in [0.3, 0.4) is 0 Å². The van der Waals surface area contributed by atoms with Crippen LogP contribution in [-0.4, -0.2) is 27.2 Å². The minimum atomic E-state index is -0.965. The second kappa shape index (κ2) is 10.5. The Hall–Kier alpha value is -2.37. The van der Waals surface area contributed by atoms with Gasteiger partial charge in [-0.1, -0.05) is 37.6 Å². The Balaban J connectivity index is 2.70. The van der Waals surface area contributed by atoms with Gasteiger partial charge in [-0.3, -0.25) is 14.7 Å². The molecule has 0 radical (unpaired) electrons. The third-order valence-electron chi connectivity index (χ3n) is 4.46. The van der Waals surface area contributed by atoms with Gasteiger partial charge in [0, 0.05) is 12.5 Å². The van der Waals surface area contributed by atoms with E-state index in [4.69, 9.17) is 0 Å². The fraction of sp³-hybridized carbons (Fsp3) is 0.526. The summed E-state index contributed by atoms with van der Waals surface area (Å²) in [4.78, 5) is 23.9. The van der Waals surface area contributed by atoms with Crippen LogP contribution < -0.4 is 5.32 Å². The highest BCUT2D eigenvalue weighted by Crippen LogP contribution is 2.29. The average molecular weight is 347 g/mol. The summed E-state index contributed by atoms with van der Waals surface area (Å²) in [5, 5.41) is 18.6. The van der Waals surface area contributed by atoms with Crippen molar-refractivity contribution in [1.82, 2.24) is 10.2 Å². The van der Waals surface area contributed by atoms with Crippen molar-refractivity contribution < 1.29 is 14.7 Å². The first-order valence-electron chi connectivity index (χ1n) is 8.74. The third-order valence-corrected chi connectivity index (χ3v) is 4.46. The first kappa shape index (κ1) is 20.7. The molecule has 0 aliphatic rings. The Kier molecular flexibility index (Phi) is 8.67. The number of amides is 1. The Morgan fingerprint density at radius 3 is 2.64 bits per heavy atom. The van der Waals surface area contributed by atoms with Crippen LogP contribution in [0.2, 0.25) is 0 Å². The first-order valence-corrected chi connectivity index (χ1v) is 8.74.